The third-order valence-corrected chi connectivity index (χ3v) is 3.50. The van der Waals surface area contributed by atoms with Crippen molar-refractivity contribution >= 4 is 0 Å². The van der Waals surface area contributed by atoms with Gasteiger partial charge in [-0.05, 0) is 36.8 Å². The quantitative estimate of drug-likeness (QED) is 0.848. The highest BCUT2D eigenvalue weighted by atomic mass is 16.5. The molecule has 1 aromatic rings. The lowest BCUT2D eigenvalue weighted by molar-refractivity contribution is 0.399. The van der Waals surface area contributed by atoms with E-state index in [0.29, 0.717) is 5.92 Å². The molecule has 2 heteroatoms. The zero-order valence-electron chi connectivity index (χ0n) is 10.6. The van der Waals surface area contributed by atoms with E-state index < -0.39 is 0 Å². The summed E-state index contributed by atoms with van der Waals surface area (Å²) in [6, 6.07) is 4.33. The number of aryl methyl sites for hydroxylation is 1. The Hall–Kier alpha value is -1.02. The number of nitrogens with two attached hydrogens (primary N) is 1. The van der Waals surface area contributed by atoms with Gasteiger partial charge in [0.2, 0.25) is 0 Å². The molecular formula is C14H21NO. The van der Waals surface area contributed by atoms with Gasteiger partial charge in [0.1, 0.15) is 5.75 Å². The second kappa shape index (κ2) is 3.77. The van der Waals surface area contributed by atoms with Crippen molar-refractivity contribution in [2.24, 2.45) is 5.73 Å². The van der Waals surface area contributed by atoms with Crippen LogP contribution in [-0.2, 0) is 5.54 Å². The third kappa shape index (κ3) is 1.71. The van der Waals surface area contributed by atoms with E-state index in [-0.39, 0.29) is 5.54 Å². The van der Waals surface area contributed by atoms with Crippen molar-refractivity contribution in [1.82, 2.24) is 0 Å². The Morgan fingerprint density at radius 1 is 1.31 bits per heavy atom. The number of rotatable bonds is 3. The van der Waals surface area contributed by atoms with Crippen LogP contribution in [0.15, 0.2) is 12.1 Å². The molecule has 1 fully saturated rings. The zero-order chi connectivity index (χ0) is 11.9. The van der Waals surface area contributed by atoms with Crippen molar-refractivity contribution in [1.29, 1.82) is 0 Å². The maximum atomic E-state index is 6.37. The lowest BCUT2D eigenvalue weighted by Gasteiger charge is -2.22. The van der Waals surface area contributed by atoms with Crippen LogP contribution in [0, 0.1) is 6.92 Å². The van der Waals surface area contributed by atoms with E-state index in [9.17, 15) is 0 Å². The van der Waals surface area contributed by atoms with Crippen molar-refractivity contribution < 1.29 is 4.74 Å². The van der Waals surface area contributed by atoms with Crippen LogP contribution in [0.4, 0.5) is 0 Å². The topological polar surface area (TPSA) is 35.2 Å². The van der Waals surface area contributed by atoms with Crippen LogP contribution in [-0.4, -0.2) is 7.11 Å². The normalized spacial score (nSPS) is 17.6. The molecule has 0 heterocycles. The van der Waals surface area contributed by atoms with Crippen LogP contribution in [0.3, 0.4) is 0 Å². The highest BCUT2D eigenvalue weighted by Crippen LogP contribution is 2.50. The van der Waals surface area contributed by atoms with Crippen molar-refractivity contribution in [3.05, 3.63) is 28.8 Å². The average molecular weight is 219 g/mol. The lowest BCUT2D eigenvalue weighted by atomic mass is 9.89. The molecule has 88 valence electrons. The Labute approximate surface area is 97.8 Å². The molecule has 0 aromatic heterocycles. The van der Waals surface area contributed by atoms with Crippen molar-refractivity contribution in [2.75, 3.05) is 7.11 Å². The first-order valence-corrected chi connectivity index (χ1v) is 5.96. The van der Waals surface area contributed by atoms with E-state index in [1.165, 1.54) is 16.7 Å². The van der Waals surface area contributed by atoms with E-state index in [4.69, 9.17) is 10.5 Å². The molecule has 1 aliphatic rings. The van der Waals surface area contributed by atoms with E-state index in [2.05, 4.69) is 32.9 Å². The first kappa shape index (κ1) is 11.5. The molecule has 0 aliphatic heterocycles. The van der Waals surface area contributed by atoms with E-state index >= 15 is 0 Å². The second-order valence-corrected chi connectivity index (χ2v) is 5.19. The summed E-state index contributed by atoms with van der Waals surface area (Å²) in [7, 11) is 1.74. The molecule has 0 spiro atoms. The molecule has 2 nitrogen and oxygen atoms in total. The van der Waals surface area contributed by atoms with Gasteiger partial charge in [-0.1, -0.05) is 26.0 Å². The summed E-state index contributed by atoms with van der Waals surface area (Å²) in [6.07, 6.45) is 2.15. The molecule has 2 rings (SSSR count). The van der Waals surface area contributed by atoms with Gasteiger partial charge in [-0.3, -0.25) is 0 Å². The summed E-state index contributed by atoms with van der Waals surface area (Å²) in [4.78, 5) is 0. The molecule has 0 radical (unpaired) electrons. The van der Waals surface area contributed by atoms with E-state index in [0.717, 1.165) is 18.6 Å². The molecule has 1 aliphatic carbocycles. The van der Waals surface area contributed by atoms with Gasteiger partial charge in [-0.2, -0.15) is 0 Å². The van der Waals surface area contributed by atoms with Gasteiger partial charge in [0, 0.05) is 11.1 Å². The number of hydrogen-bond donors (Lipinski definition) is 1. The molecule has 0 unspecified atom stereocenters. The standard InChI is InChI=1S/C14H21NO/c1-9(2)11-6-5-10(3)13(16-4)12(11)14(15)7-8-14/h5-6,9H,7-8,15H2,1-4H3. The predicted molar refractivity (Wildman–Crippen MR) is 66.9 cm³/mol. The van der Waals surface area contributed by atoms with Gasteiger partial charge in [0.25, 0.3) is 0 Å². The molecule has 1 saturated carbocycles. The molecule has 0 bridgehead atoms. The minimum atomic E-state index is -0.128. The van der Waals surface area contributed by atoms with E-state index in [1.54, 1.807) is 7.11 Å². The van der Waals surface area contributed by atoms with Gasteiger partial charge < -0.3 is 10.5 Å². The first-order valence-electron chi connectivity index (χ1n) is 5.96. The molecule has 2 N–H and O–H groups in total. The number of benzene rings is 1. The number of ether oxygens (including phenoxy) is 1. The monoisotopic (exact) mass is 219 g/mol. The Bertz CT molecular complexity index is 405. The van der Waals surface area contributed by atoms with E-state index in [1.807, 2.05) is 0 Å². The first-order chi connectivity index (χ1) is 7.49. The van der Waals surface area contributed by atoms with Gasteiger partial charge in [-0.15, -0.1) is 0 Å². The smallest absolute Gasteiger partial charge is 0.127 e. The SMILES string of the molecule is COc1c(C)ccc(C(C)C)c1C1(N)CC1. The van der Waals surface area contributed by atoms with Crippen molar-refractivity contribution in [3.8, 4) is 5.75 Å². The van der Waals surface area contributed by atoms with Crippen LogP contribution in [0.25, 0.3) is 0 Å². The lowest BCUT2D eigenvalue weighted by Crippen LogP contribution is -2.22. The Balaban J connectivity index is 2.63. The Kier molecular flexibility index (Phi) is 2.70. The maximum Gasteiger partial charge on any atom is 0.127 e. The fraction of sp³-hybridized carbons (Fsp3) is 0.571. The predicted octanol–water partition coefficient (Wildman–Crippen LogP) is 3.07. The van der Waals surface area contributed by atoms with Crippen molar-refractivity contribution in [3.63, 3.8) is 0 Å². The Morgan fingerprint density at radius 3 is 2.38 bits per heavy atom. The summed E-state index contributed by atoms with van der Waals surface area (Å²) in [5.74, 6) is 1.48. The fourth-order valence-corrected chi connectivity index (χ4v) is 2.34. The highest BCUT2D eigenvalue weighted by Gasteiger charge is 2.44. The summed E-state index contributed by atoms with van der Waals surface area (Å²) < 4.78 is 5.55. The number of methoxy groups -OCH3 is 1. The molecule has 1 aromatic carbocycles. The fourth-order valence-electron chi connectivity index (χ4n) is 2.34. The van der Waals surface area contributed by atoms with Crippen LogP contribution in [0.1, 0.15) is 49.3 Å². The van der Waals surface area contributed by atoms with Crippen molar-refractivity contribution in [2.45, 2.75) is 45.1 Å². The van der Waals surface area contributed by atoms with Gasteiger partial charge in [0.15, 0.2) is 0 Å². The van der Waals surface area contributed by atoms with Gasteiger partial charge in [-0.25, -0.2) is 0 Å². The minimum absolute atomic E-state index is 0.128. The average Bonchev–Trinajstić information content (AvgIpc) is 2.96. The molecule has 0 atom stereocenters. The molecular weight excluding hydrogens is 198 g/mol. The van der Waals surface area contributed by atoms with Gasteiger partial charge >= 0.3 is 0 Å². The molecule has 0 saturated heterocycles. The van der Waals surface area contributed by atoms with Crippen LogP contribution in [0.5, 0.6) is 5.75 Å². The largest absolute Gasteiger partial charge is 0.496 e. The summed E-state index contributed by atoms with van der Waals surface area (Å²) in [5, 5.41) is 0. The van der Waals surface area contributed by atoms with Crippen LogP contribution in [0.2, 0.25) is 0 Å². The Morgan fingerprint density at radius 2 is 1.94 bits per heavy atom. The second-order valence-electron chi connectivity index (χ2n) is 5.19. The highest BCUT2D eigenvalue weighted by molar-refractivity contribution is 5.53. The summed E-state index contributed by atoms with van der Waals surface area (Å²) in [6.45, 7) is 6.50. The summed E-state index contributed by atoms with van der Waals surface area (Å²) >= 11 is 0. The zero-order valence-corrected chi connectivity index (χ0v) is 10.6. The summed E-state index contributed by atoms with van der Waals surface area (Å²) in [5.41, 5.74) is 10.00. The molecule has 0 amide bonds. The number of hydrogen-bond acceptors (Lipinski definition) is 2. The minimum Gasteiger partial charge on any atom is -0.496 e. The van der Waals surface area contributed by atoms with Crippen LogP contribution >= 0.6 is 0 Å². The maximum absolute atomic E-state index is 6.37. The molecule has 16 heavy (non-hydrogen) atoms. The van der Waals surface area contributed by atoms with Gasteiger partial charge in [0.05, 0.1) is 7.11 Å². The van der Waals surface area contributed by atoms with Crippen LogP contribution < -0.4 is 10.5 Å². The third-order valence-electron chi connectivity index (χ3n) is 3.50.